The maximum Gasteiger partial charge on any atom is 0.260 e. The molecule has 2 aromatic carbocycles. The number of aromatic nitrogens is 1. The number of hydrogen-bond acceptors (Lipinski definition) is 5. The molecule has 0 unspecified atom stereocenters. The summed E-state index contributed by atoms with van der Waals surface area (Å²) in [5, 5.41) is 0.757. The lowest BCUT2D eigenvalue weighted by atomic mass is 10.2. The summed E-state index contributed by atoms with van der Waals surface area (Å²) in [4.78, 5) is 22.2. The topological polar surface area (TPSA) is 45.7 Å². The number of hydrogen-bond donors (Lipinski definition) is 0. The van der Waals surface area contributed by atoms with Crippen LogP contribution in [0, 0.1) is 6.92 Å². The fourth-order valence-electron chi connectivity index (χ4n) is 3.41. The summed E-state index contributed by atoms with van der Waals surface area (Å²) in [5.41, 5.74) is 2.76. The number of carbonyl (C=O) groups is 1. The van der Waals surface area contributed by atoms with Gasteiger partial charge >= 0.3 is 0 Å². The van der Waals surface area contributed by atoms with E-state index in [1.807, 2.05) is 49.3 Å². The van der Waals surface area contributed by atoms with Crippen LogP contribution >= 0.6 is 23.7 Å². The van der Waals surface area contributed by atoms with Crippen LogP contribution in [0.4, 0.5) is 5.13 Å². The molecule has 0 aliphatic heterocycles. The van der Waals surface area contributed by atoms with Crippen LogP contribution in [0.2, 0.25) is 0 Å². The third-order valence-electron chi connectivity index (χ3n) is 5.19. The van der Waals surface area contributed by atoms with Gasteiger partial charge in [0.15, 0.2) is 5.13 Å². The molecule has 0 saturated heterocycles. The molecule has 0 radical (unpaired) electrons. The molecule has 0 bridgehead atoms. The van der Waals surface area contributed by atoms with Crippen molar-refractivity contribution in [2.75, 3.05) is 38.7 Å². The zero-order chi connectivity index (χ0) is 22.2. The van der Waals surface area contributed by atoms with Crippen LogP contribution in [0.25, 0.3) is 10.2 Å². The summed E-state index contributed by atoms with van der Waals surface area (Å²) in [5.74, 6) is 0.787. The standard InChI is InChI=1S/C25H33N3O2S.ClH/c1-5-6-7-18-30-21-14-12-20(13-15-21)24(29)28(17-9-16-27(3)4)25-26-23-19(2)10-8-11-22(23)31-25;/h8,10-15H,5-7,9,16-18H2,1-4H3;1H. The van der Waals surface area contributed by atoms with Gasteiger partial charge in [-0.3, -0.25) is 9.69 Å². The molecule has 0 N–H and O–H groups in total. The zero-order valence-electron chi connectivity index (χ0n) is 19.5. The average Bonchev–Trinajstić information content (AvgIpc) is 3.19. The minimum absolute atomic E-state index is 0. The van der Waals surface area contributed by atoms with E-state index in [0.717, 1.165) is 46.0 Å². The van der Waals surface area contributed by atoms with Crippen LogP contribution in [-0.4, -0.2) is 49.6 Å². The Morgan fingerprint density at radius 1 is 1.03 bits per heavy atom. The molecule has 5 nitrogen and oxygen atoms in total. The Hall–Kier alpha value is -2.15. The number of ether oxygens (including phenoxy) is 1. The van der Waals surface area contributed by atoms with Crippen molar-refractivity contribution < 1.29 is 9.53 Å². The molecular formula is C25H34ClN3O2S. The summed E-state index contributed by atoms with van der Waals surface area (Å²) in [6, 6.07) is 13.7. The van der Waals surface area contributed by atoms with Gasteiger partial charge in [-0.2, -0.15) is 0 Å². The summed E-state index contributed by atoms with van der Waals surface area (Å²) in [6.45, 7) is 6.49. The number of unbranched alkanes of at least 4 members (excludes halogenated alkanes) is 2. The predicted molar refractivity (Wildman–Crippen MR) is 138 cm³/mol. The van der Waals surface area contributed by atoms with Gasteiger partial charge in [-0.25, -0.2) is 4.98 Å². The van der Waals surface area contributed by atoms with Crippen molar-refractivity contribution in [3.8, 4) is 5.75 Å². The monoisotopic (exact) mass is 475 g/mol. The van der Waals surface area contributed by atoms with E-state index in [4.69, 9.17) is 9.72 Å². The molecule has 3 rings (SSSR count). The summed E-state index contributed by atoms with van der Waals surface area (Å²) < 4.78 is 6.90. The van der Waals surface area contributed by atoms with Crippen molar-refractivity contribution in [3.05, 3.63) is 53.6 Å². The van der Waals surface area contributed by atoms with E-state index in [1.165, 1.54) is 12.8 Å². The number of nitrogens with zero attached hydrogens (tertiary/aromatic N) is 3. The number of para-hydroxylation sites is 1. The molecule has 0 atom stereocenters. The minimum Gasteiger partial charge on any atom is -0.494 e. The normalized spacial score (nSPS) is 10.9. The number of rotatable bonds is 11. The molecule has 7 heteroatoms. The van der Waals surface area contributed by atoms with Gasteiger partial charge < -0.3 is 9.64 Å². The van der Waals surface area contributed by atoms with E-state index < -0.39 is 0 Å². The van der Waals surface area contributed by atoms with E-state index in [0.29, 0.717) is 18.7 Å². The largest absolute Gasteiger partial charge is 0.494 e. The lowest BCUT2D eigenvalue weighted by Gasteiger charge is -2.21. The molecule has 1 aromatic heterocycles. The SMILES string of the molecule is CCCCCOc1ccc(C(=O)N(CCCN(C)C)c2nc3c(C)cccc3s2)cc1.Cl. The number of anilines is 1. The highest BCUT2D eigenvalue weighted by molar-refractivity contribution is 7.22. The van der Waals surface area contributed by atoms with Crippen LogP contribution in [0.3, 0.4) is 0 Å². The number of thiazole rings is 1. The Kier molecular flexibility index (Phi) is 10.4. The molecule has 1 amide bonds. The van der Waals surface area contributed by atoms with Crippen LogP contribution in [0.15, 0.2) is 42.5 Å². The molecule has 174 valence electrons. The molecule has 3 aromatic rings. The van der Waals surface area contributed by atoms with Crippen molar-refractivity contribution >= 4 is 45.0 Å². The zero-order valence-corrected chi connectivity index (χ0v) is 21.1. The molecular weight excluding hydrogens is 442 g/mol. The third-order valence-corrected chi connectivity index (χ3v) is 6.23. The van der Waals surface area contributed by atoms with E-state index >= 15 is 0 Å². The van der Waals surface area contributed by atoms with Crippen molar-refractivity contribution in [3.63, 3.8) is 0 Å². The number of fused-ring (bicyclic) bond motifs is 1. The highest BCUT2D eigenvalue weighted by Crippen LogP contribution is 2.31. The van der Waals surface area contributed by atoms with Crippen LogP contribution in [0.5, 0.6) is 5.75 Å². The van der Waals surface area contributed by atoms with Gasteiger partial charge in [-0.15, -0.1) is 12.4 Å². The Labute approximate surface area is 201 Å². The van der Waals surface area contributed by atoms with Gasteiger partial charge in [-0.1, -0.05) is 43.2 Å². The quantitative estimate of drug-likeness (QED) is 0.310. The number of aryl methyl sites for hydroxylation is 1. The summed E-state index contributed by atoms with van der Waals surface area (Å²) in [7, 11) is 4.10. The number of amides is 1. The molecule has 0 saturated carbocycles. The smallest absolute Gasteiger partial charge is 0.260 e. The van der Waals surface area contributed by atoms with Crippen LogP contribution in [0.1, 0.15) is 48.5 Å². The number of carbonyl (C=O) groups excluding carboxylic acids is 1. The maximum atomic E-state index is 13.4. The molecule has 0 fully saturated rings. The fourth-order valence-corrected chi connectivity index (χ4v) is 4.48. The first-order valence-corrected chi connectivity index (χ1v) is 11.9. The lowest BCUT2D eigenvalue weighted by molar-refractivity contribution is 0.0986. The van der Waals surface area contributed by atoms with E-state index in [2.05, 4.69) is 30.9 Å². The van der Waals surface area contributed by atoms with Crippen molar-refractivity contribution in [1.82, 2.24) is 9.88 Å². The third kappa shape index (κ3) is 6.92. The minimum atomic E-state index is -0.0204. The molecule has 32 heavy (non-hydrogen) atoms. The average molecular weight is 476 g/mol. The highest BCUT2D eigenvalue weighted by atomic mass is 35.5. The van der Waals surface area contributed by atoms with Crippen LogP contribution < -0.4 is 9.64 Å². The Morgan fingerprint density at radius 2 is 1.78 bits per heavy atom. The summed E-state index contributed by atoms with van der Waals surface area (Å²) in [6.07, 6.45) is 4.27. The van der Waals surface area contributed by atoms with Crippen LogP contribution in [-0.2, 0) is 0 Å². The first-order chi connectivity index (χ1) is 15.0. The lowest BCUT2D eigenvalue weighted by Crippen LogP contribution is -2.33. The van der Waals surface area contributed by atoms with Gasteiger partial charge in [-0.05, 0) is 76.3 Å². The number of benzene rings is 2. The van der Waals surface area contributed by atoms with Crippen molar-refractivity contribution in [2.24, 2.45) is 0 Å². The van der Waals surface area contributed by atoms with E-state index in [9.17, 15) is 4.79 Å². The number of halogens is 1. The second-order valence-electron chi connectivity index (χ2n) is 8.11. The second kappa shape index (κ2) is 12.8. The van der Waals surface area contributed by atoms with Gasteiger partial charge in [0.05, 0.1) is 16.8 Å². The van der Waals surface area contributed by atoms with Crippen molar-refractivity contribution in [1.29, 1.82) is 0 Å². The van der Waals surface area contributed by atoms with Gasteiger partial charge in [0.2, 0.25) is 0 Å². The molecule has 0 aliphatic rings. The van der Waals surface area contributed by atoms with Gasteiger partial charge in [0.25, 0.3) is 5.91 Å². The predicted octanol–water partition coefficient (Wildman–Crippen LogP) is 6.19. The van der Waals surface area contributed by atoms with E-state index in [-0.39, 0.29) is 18.3 Å². The first kappa shape index (κ1) is 26.1. The molecule has 0 aliphatic carbocycles. The molecule has 1 heterocycles. The van der Waals surface area contributed by atoms with Crippen molar-refractivity contribution in [2.45, 2.75) is 39.5 Å². The fraction of sp³-hybridized carbons (Fsp3) is 0.440. The summed E-state index contributed by atoms with van der Waals surface area (Å²) >= 11 is 1.58. The van der Waals surface area contributed by atoms with Gasteiger partial charge in [0.1, 0.15) is 5.75 Å². The van der Waals surface area contributed by atoms with Gasteiger partial charge in [0, 0.05) is 12.1 Å². The Bertz CT molecular complexity index is 989. The Morgan fingerprint density at radius 3 is 2.44 bits per heavy atom. The molecule has 0 spiro atoms. The van der Waals surface area contributed by atoms with E-state index in [1.54, 1.807) is 11.3 Å². The highest BCUT2D eigenvalue weighted by Gasteiger charge is 2.21. The first-order valence-electron chi connectivity index (χ1n) is 11.0. The maximum absolute atomic E-state index is 13.4. The Balaban J connectivity index is 0.00000363. The second-order valence-corrected chi connectivity index (χ2v) is 9.12.